The van der Waals surface area contributed by atoms with Crippen molar-refractivity contribution in [3.63, 3.8) is 0 Å². The van der Waals surface area contributed by atoms with Gasteiger partial charge in [0.05, 0.1) is 24.7 Å². The van der Waals surface area contributed by atoms with Crippen molar-refractivity contribution >= 4 is 28.3 Å². The zero-order valence-electron chi connectivity index (χ0n) is 17.5. The molecule has 0 amide bonds. The molecule has 6 nitrogen and oxygen atoms in total. The number of carboxylic acids is 1. The molecule has 0 saturated carbocycles. The van der Waals surface area contributed by atoms with Crippen molar-refractivity contribution in [2.24, 2.45) is 0 Å². The molecule has 32 heavy (non-hydrogen) atoms. The number of para-hydroxylation sites is 1. The maximum atomic E-state index is 11.4. The van der Waals surface area contributed by atoms with Crippen LogP contribution in [-0.4, -0.2) is 24.8 Å². The second-order valence-corrected chi connectivity index (χ2v) is 7.52. The zero-order chi connectivity index (χ0) is 22.5. The van der Waals surface area contributed by atoms with Crippen LogP contribution in [0.25, 0.3) is 22.3 Å². The number of carbonyl (C=O) groups is 1. The first-order valence-corrected chi connectivity index (χ1v) is 10.2. The number of methoxy groups -OCH3 is 1. The first kappa shape index (κ1) is 21.2. The monoisotopic (exact) mass is 426 g/mol. The van der Waals surface area contributed by atoms with Gasteiger partial charge in [-0.25, -0.2) is 0 Å². The third-order valence-electron chi connectivity index (χ3n) is 5.29. The highest BCUT2D eigenvalue weighted by Crippen LogP contribution is 2.37. The fraction of sp³-hybridized carbons (Fsp3) is 0.154. The van der Waals surface area contributed by atoms with Gasteiger partial charge in [0.25, 0.3) is 0 Å². The van der Waals surface area contributed by atoms with Crippen LogP contribution in [0.4, 0.5) is 11.4 Å². The van der Waals surface area contributed by atoms with Crippen molar-refractivity contribution in [1.82, 2.24) is 0 Å². The predicted molar refractivity (Wildman–Crippen MR) is 123 cm³/mol. The number of nitrogens with zero attached hydrogens (tertiary/aromatic N) is 1. The Morgan fingerprint density at radius 1 is 1.12 bits per heavy atom. The Balaban J connectivity index is 1.78. The Kier molecular flexibility index (Phi) is 6.20. The Labute approximate surface area is 185 Å². The molecule has 4 rings (SSSR count). The second kappa shape index (κ2) is 9.38. The second-order valence-electron chi connectivity index (χ2n) is 7.52. The molecule has 0 spiro atoms. The molecule has 0 bridgehead atoms. The molecule has 4 aromatic rings. The normalized spacial score (nSPS) is 11.8. The van der Waals surface area contributed by atoms with Crippen LogP contribution in [0.3, 0.4) is 0 Å². The Morgan fingerprint density at radius 2 is 1.91 bits per heavy atom. The lowest BCUT2D eigenvalue weighted by atomic mass is 9.94. The van der Waals surface area contributed by atoms with Gasteiger partial charge in [0, 0.05) is 35.4 Å². The summed E-state index contributed by atoms with van der Waals surface area (Å²) in [4.78, 5) is 11.4. The number of furan rings is 1. The zero-order valence-corrected chi connectivity index (χ0v) is 17.5. The Bertz CT molecular complexity index is 1250. The first-order chi connectivity index (χ1) is 15.6. The number of fused-ring (bicyclic) bond motifs is 1. The van der Waals surface area contributed by atoms with Crippen molar-refractivity contribution in [2.75, 3.05) is 19.0 Å². The Morgan fingerprint density at radius 3 is 2.59 bits per heavy atom. The quantitative estimate of drug-likeness (QED) is 0.363. The van der Waals surface area contributed by atoms with Gasteiger partial charge in [0.15, 0.2) is 0 Å². The fourth-order valence-corrected chi connectivity index (χ4v) is 3.72. The number of carboxylic acid groups (broad SMARTS) is 1. The maximum Gasteiger partial charge on any atom is 0.304 e. The molecule has 1 heterocycles. The minimum Gasteiger partial charge on any atom is -0.481 e. The molecule has 0 aliphatic rings. The molecule has 6 heteroatoms. The van der Waals surface area contributed by atoms with E-state index in [9.17, 15) is 9.90 Å². The molecule has 0 radical (unpaired) electrons. The van der Waals surface area contributed by atoms with E-state index >= 15 is 0 Å². The molecule has 0 aliphatic heterocycles. The third kappa shape index (κ3) is 4.64. The standard InChI is InChI=1S/C26H22N2O4/c1-31-16-20(14-26(29)30)18-8-11-22(25-13-19-4-2-3-5-24(19)32-25)23(12-18)28-21-9-6-17(15-27)7-10-21/h2-13,20,28H,14,16H2,1H3,(H,29,30)/t20-/m0/s1. The van der Waals surface area contributed by atoms with Crippen LogP contribution in [0.2, 0.25) is 0 Å². The maximum absolute atomic E-state index is 11.4. The van der Waals surface area contributed by atoms with E-state index in [1.54, 1.807) is 19.2 Å². The van der Waals surface area contributed by atoms with Crippen LogP contribution in [0.1, 0.15) is 23.5 Å². The van der Waals surface area contributed by atoms with E-state index in [-0.39, 0.29) is 12.3 Å². The summed E-state index contributed by atoms with van der Waals surface area (Å²) < 4.78 is 11.3. The van der Waals surface area contributed by atoms with Gasteiger partial charge in [-0.15, -0.1) is 0 Å². The summed E-state index contributed by atoms with van der Waals surface area (Å²) in [5.41, 5.74) is 4.64. The summed E-state index contributed by atoms with van der Waals surface area (Å²) >= 11 is 0. The van der Waals surface area contributed by atoms with Gasteiger partial charge < -0.3 is 19.6 Å². The van der Waals surface area contributed by atoms with E-state index in [4.69, 9.17) is 14.4 Å². The summed E-state index contributed by atoms with van der Waals surface area (Å²) in [6.07, 6.45) is -0.0336. The molecular formula is C26H22N2O4. The average molecular weight is 426 g/mol. The van der Waals surface area contributed by atoms with Crippen LogP contribution in [-0.2, 0) is 9.53 Å². The van der Waals surface area contributed by atoms with E-state index in [0.717, 1.165) is 33.5 Å². The number of anilines is 2. The Hall–Kier alpha value is -4.08. The third-order valence-corrected chi connectivity index (χ3v) is 5.29. The molecule has 0 saturated heterocycles. The SMILES string of the molecule is COC[C@H](CC(=O)O)c1ccc(-c2cc3ccccc3o2)c(Nc2ccc(C#N)cc2)c1. The summed E-state index contributed by atoms with van der Waals surface area (Å²) in [6, 6.07) is 24.8. The molecule has 3 aromatic carbocycles. The molecule has 160 valence electrons. The number of hydrogen-bond donors (Lipinski definition) is 2. The lowest BCUT2D eigenvalue weighted by Gasteiger charge is -2.18. The van der Waals surface area contributed by atoms with Gasteiger partial charge in [-0.2, -0.15) is 5.26 Å². The van der Waals surface area contributed by atoms with Crippen molar-refractivity contribution in [3.8, 4) is 17.4 Å². The molecule has 0 fully saturated rings. The number of hydrogen-bond acceptors (Lipinski definition) is 5. The van der Waals surface area contributed by atoms with E-state index in [1.165, 1.54) is 0 Å². The number of rotatable bonds is 8. The highest BCUT2D eigenvalue weighted by atomic mass is 16.5. The predicted octanol–water partition coefficient (Wildman–Crippen LogP) is 5.92. The smallest absolute Gasteiger partial charge is 0.304 e. The van der Waals surface area contributed by atoms with Crippen molar-refractivity contribution in [3.05, 3.63) is 83.9 Å². The van der Waals surface area contributed by atoms with Crippen molar-refractivity contribution in [1.29, 1.82) is 5.26 Å². The molecule has 1 atom stereocenters. The van der Waals surface area contributed by atoms with E-state index in [2.05, 4.69) is 11.4 Å². The van der Waals surface area contributed by atoms with Gasteiger partial charge in [0.1, 0.15) is 11.3 Å². The number of aliphatic carboxylic acids is 1. The fourth-order valence-electron chi connectivity index (χ4n) is 3.72. The van der Waals surface area contributed by atoms with Crippen LogP contribution in [0.15, 0.2) is 77.2 Å². The van der Waals surface area contributed by atoms with Crippen LogP contribution in [0, 0.1) is 11.3 Å². The largest absolute Gasteiger partial charge is 0.481 e. The van der Waals surface area contributed by atoms with Crippen LogP contribution in [0.5, 0.6) is 0 Å². The van der Waals surface area contributed by atoms with Gasteiger partial charge >= 0.3 is 5.97 Å². The number of nitriles is 1. The van der Waals surface area contributed by atoms with Crippen LogP contribution < -0.4 is 5.32 Å². The van der Waals surface area contributed by atoms with E-state index in [1.807, 2.05) is 60.7 Å². The summed E-state index contributed by atoms with van der Waals surface area (Å²) in [5, 5.41) is 22.8. The number of benzene rings is 3. The van der Waals surface area contributed by atoms with Gasteiger partial charge in [-0.05, 0) is 54.1 Å². The molecule has 2 N–H and O–H groups in total. The summed E-state index contributed by atoms with van der Waals surface area (Å²) in [7, 11) is 1.56. The molecule has 0 unspecified atom stereocenters. The first-order valence-electron chi connectivity index (χ1n) is 10.2. The average Bonchev–Trinajstić information content (AvgIpc) is 3.23. The minimum atomic E-state index is -0.880. The van der Waals surface area contributed by atoms with Crippen LogP contribution >= 0.6 is 0 Å². The summed E-state index contributed by atoms with van der Waals surface area (Å²) in [5.74, 6) is -0.464. The van der Waals surface area contributed by atoms with Crippen molar-refractivity contribution < 1.29 is 19.1 Å². The van der Waals surface area contributed by atoms with E-state index in [0.29, 0.717) is 17.9 Å². The lowest BCUT2D eigenvalue weighted by molar-refractivity contribution is -0.137. The van der Waals surface area contributed by atoms with Gasteiger partial charge in [-0.1, -0.05) is 24.3 Å². The number of nitrogens with one attached hydrogen (secondary N) is 1. The molecule has 1 aromatic heterocycles. The highest BCUT2D eigenvalue weighted by Gasteiger charge is 2.19. The topological polar surface area (TPSA) is 95.5 Å². The van der Waals surface area contributed by atoms with Gasteiger partial charge in [-0.3, -0.25) is 4.79 Å². The molecule has 0 aliphatic carbocycles. The lowest BCUT2D eigenvalue weighted by Crippen LogP contribution is -2.12. The summed E-state index contributed by atoms with van der Waals surface area (Å²) in [6.45, 7) is 0.298. The van der Waals surface area contributed by atoms with E-state index < -0.39 is 5.97 Å². The van der Waals surface area contributed by atoms with Gasteiger partial charge in [0.2, 0.25) is 0 Å². The highest BCUT2D eigenvalue weighted by molar-refractivity contribution is 5.87. The number of ether oxygens (including phenoxy) is 1. The minimum absolute atomic E-state index is 0.0336. The molecular weight excluding hydrogens is 404 g/mol. The van der Waals surface area contributed by atoms with Crippen molar-refractivity contribution in [2.45, 2.75) is 12.3 Å².